The van der Waals surface area contributed by atoms with E-state index in [0.717, 1.165) is 0 Å². The maximum atomic E-state index is 10.6. The molecule has 1 atom stereocenters. The molecule has 0 saturated heterocycles. The van der Waals surface area contributed by atoms with Crippen LogP contribution in [0, 0.1) is 0 Å². The zero-order valence-corrected chi connectivity index (χ0v) is 12.5. The van der Waals surface area contributed by atoms with Gasteiger partial charge in [-0.1, -0.05) is 54.6 Å². The third-order valence-corrected chi connectivity index (χ3v) is 3.84. The number of carboxylic acids is 1. The van der Waals surface area contributed by atoms with Crippen LogP contribution in [0.25, 0.3) is 11.1 Å². The van der Waals surface area contributed by atoms with Gasteiger partial charge in [0.15, 0.2) is 0 Å². The first-order chi connectivity index (χ1) is 10.1. The molecule has 0 radical (unpaired) electrons. The average Bonchev–Trinajstić information content (AvgIpc) is 2.53. The molecule has 1 unspecified atom stereocenters. The standard InChI is InChI=1S/C18H21NO2/c1-14(19(2)13-12-18(20)21)15-8-10-17(11-9-15)16-6-4-3-5-7-16/h3-11,14H,12-13H2,1-2H3,(H,20,21). The van der Waals surface area contributed by atoms with E-state index in [2.05, 4.69) is 48.2 Å². The molecule has 2 rings (SSSR count). The van der Waals surface area contributed by atoms with Crippen LogP contribution in [0.5, 0.6) is 0 Å². The predicted octanol–water partition coefficient (Wildman–Crippen LogP) is 3.82. The summed E-state index contributed by atoms with van der Waals surface area (Å²) in [7, 11) is 1.96. The van der Waals surface area contributed by atoms with Crippen molar-refractivity contribution in [1.82, 2.24) is 4.90 Å². The van der Waals surface area contributed by atoms with E-state index in [9.17, 15) is 4.79 Å². The summed E-state index contributed by atoms with van der Waals surface area (Å²) in [6.07, 6.45) is 0.170. The summed E-state index contributed by atoms with van der Waals surface area (Å²) in [5.74, 6) is -0.756. The smallest absolute Gasteiger partial charge is 0.304 e. The molecule has 0 amide bonds. The largest absolute Gasteiger partial charge is 0.481 e. The SMILES string of the molecule is CC(c1ccc(-c2ccccc2)cc1)N(C)CCC(=O)O. The van der Waals surface area contributed by atoms with Gasteiger partial charge in [0.25, 0.3) is 0 Å². The molecule has 3 heteroatoms. The molecule has 21 heavy (non-hydrogen) atoms. The molecule has 0 saturated carbocycles. The molecule has 0 heterocycles. The first-order valence-corrected chi connectivity index (χ1v) is 7.15. The van der Waals surface area contributed by atoms with Gasteiger partial charge in [0, 0.05) is 12.6 Å². The van der Waals surface area contributed by atoms with Crippen molar-refractivity contribution in [3.8, 4) is 11.1 Å². The third kappa shape index (κ3) is 4.17. The lowest BCUT2D eigenvalue weighted by Gasteiger charge is -2.24. The van der Waals surface area contributed by atoms with Crippen LogP contribution in [0.3, 0.4) is 0 Å². The zero-order chi connectivity index (χ0) is 15.2. The molecular formula is C18H21NO2. The second-order valence-electron chi connectivity index (χ2n) is 5.29. The topological polar surface area (TPSA) is 40.5 Å². The maximum Gasteiger partial charge on any atom is 0.304 e. The molecule has 2 aromatic rings. The van der Waals surface area contributed by atoms with Gasteiger partial charge >= 0.3 is 5.97 Å². The molecule has 0 spiro atoms. The van der Waals surface area contributed by atoms with Crippen LogP contribution in [-0.2, 0) is 4.79 Å². The van der Waals surface area contributed by atoms with Crippen molar-refractivity contribution in [1.29, 1.82) is 0 Å². The van der Waals surface area contributed by atoms with E-state index >= 15 is 0 Å². The summed E-state index contributed by atoms with van der Waals surface area (Å²) >= 11 is 0. The summed E-state index contributed by atoms with van der Waals surface area (Å²) in [4.78, 5) is 12.7. The van der Waals surface area contributed by atoms with E-state index in [1.54, 1.807) is 0 Å². The van der Waals surface area contributed by atoms with Crippen LogP contribution in [-0.4, -0.2) is 29.6 Å². The highest BCUT2D eigenvalue weighted by Crippen LogP contribution is 2.24. The van der Waals surface area contributed by atoms with Gasteiger partial charge in [-0.05, 0) is 30.7 Å². The van der Waals surface area contributed by atoms with Crippen molar-refractivity contribution in [2.24, 2.45) is 0 Å². The molecule has 3 nitrogen and oxygen atoms in total. The Kier molecular flexibility index (Phi) is 5.12. The average molecular weight is 283 g/mol. The van der Waals surface area contributed by atoms with Crippen LogP contribution in [0.1, 0.15) is 24.9 Å². The fourth-order valence-corrected chi connectivity index (χ4v) is 2.30. The summed E-state index contributed by atoms with van der Waals surface area (Å²) in [6, 6.07) is 18.9. The Hall–Kier alpha value is -2.13. The maximum absolute atomic E-state index is 10.6. The normalized spacial score (nSPS) is 12.3. The highest BCUT2D eigenvalue weighted by Gasteiger charge is 2.12. The van der Waals surface area contributed by atoms with E-state index in [1.807, 2.05) is 25.2 Å². The minimum absolute atomic E-state index is 0.170. The number of nitrogens with zero attached hydrogens (tertiary/aromatic N) is 1. The van der Waals surface area contributed by atoms with Crippen LogP contribution in [0.4, 0.5) is 0 Å². The van der Waals surface area contributed by atoms with Gasteiger partial charge < -0.3 is 5.11 Å². The fourth-order valence-electron chi connectivity index (χ4n) is 2.30. The number of rotatable bonds is 6. The van der Waals surface area contributed by atoms with Crippen molar-refractivity contribution < 1.29 is 9.90 Å². The van der Waals surface area contributed by atoms with Crippen LogP contribution >= 0.6 is 0 Å². The zero-order valence-electron chi connectivity index (χ0n) is 12.5. The first-order valence-electron chi connectivity index (χ1n) is 7.15. The number of benzene rings is 2. The van der Waals surface area contributed by atoms with Crippen molar-refractivity contribution >= 4 is 5.97 Å². The van der Waals surface area contributed by atoms with E-state index in [-0.39, 0.29) is 12.5 Å². The summed E-state index contributed by atoms with van der Waals surface area (Å²) < 4.78 is 0. The quantitative estimate of drug-likeness (QED) is 0.876. The van der Waals surface area contributed by atoms with Crippen LogP contribution < -0.4 is 0 Å². The van der Waals surface area contributed by atoms with E-state index in [4.69, 9.17) is 5.11 Å². The van der Waals surface area contributed by atoms with Crippen molar-refractivity contribution in [3.05, 3.63) is 60.2 Å². The van der Waals surface area contributed by atoms with E-state index in [0.29, 0.717) is 6.54 Å². The second kappa shape index (κ2) is 7.04. The lowest BCUT2D eigenvalue weighted by molar-refractivity contribution is -0.137. The number of hydrogen-bond acceptors (Lipinski definition) is 2. The molecule has 0 fully saturated rings. The van der Waals surface area contributed by atoms with Crippen molar-refractivity contribution in [3.63, 3.8) is 0 Å². The van der Waals surface area contributed by atoms with Crippen molar-refractivity contribution in [2.75, 3.05) is 13.6 Å². The Bertz CT molecular complexity index is 578. The van der Waals surface area contributed by atoms with Crippen LogP contribution in [0.2, 0.25) is 0 Å². The molecule has 0 aliphatic rings. The number of carbonyl (C=O) groups is 1. The van der Waals surface area contributed by atoms with Gasteiger partial charge in [0.2, 0.25) is 0 Å². The van der Waals surface area contributed by atoms with Gasteiger partial charge in [-0.3, -0.25) is 9.69 Å². The Morgan fingerprint density at radius 1 is 1.05 bits per heavy atom. The Balaban J connectivity index is 2.06. The molecular weight excluding hydrogens is 262 g/mol. The molecule has 0 aromatic heterocycles. The minimum Gasteiger partial charge on any atom is -0.481 e. The molecule has 0 bridgehead atoms. The van der Waals surface area contributed by atoms with Crippen molar-refractivity contribution in [2.45, 2.75) is 19.4 Å². The third-order valence-electron chi connectivity index (χ3n) is 3.84. The fraction of sp³-hybridized carbons (Fsp3) is 0.278. The van der Waals surface area contributed by atoms with Gasteiger partial charge in [-0.2, -0.15) is 0 Å². The predicted molar refractivity (Wildman–Crippen MR) is 85.2 cm³/mol. The molecule has 0 aliphatic heterocycles. The molecule has 1 N–H and O–H groups in total. The molecule has 2 aromatic carbocycles. The van der Waals surface area contributed by atoms with E-state index in [1.165, 1.54) is 16.7 Å². The molecule has 110 valence electrons. The van der Waals surface area contributed by atoms with Crippen LogP contribution in [0.15, 0.2) is 54.6 Å². The highest BCUT2D eigenvalue weighted by molar-refractivity contribution is 5.67. The number of carboxylic acid groups (broad SMARTS) is 1. The lowest BCUT2D eigenvalue weighted by Crippen LogP contribution is -2.25. The Labute approximate surface area is 125 Å². The lowest BCUT2D eigenvalue weighted by atomic mass is 10.0. The minimum atomic E-state index is -0.756. The van der Waals surface area contributed by atoms with Gasteiger partial charge in [0.1, 0.15) is 0 Å². The number of aliphatic carboxylic acids is 1. The molecule has 0 aliphatic carbocycles. The summed E-state index contributed by atoms with van der Waals surface area (Å²) in [5, 5.41) is 8.75. The summed E-state index contributed by atoms with van der Waals surface area (Å²) in [5.41, 5.74) is 3.60. The second-order valence-corrected chi connectivity index (χ2v) is 5.29. The monoisotopic (exact) mass is 283 g/mol. The van der Waals surface area contributed by atoms with Gasteiger partial charge in [0.05, 0.1) is 6.42 Å². The summed E-state index contributed by atoms with van der Waals surface area (Å²) in [6.45, 7) is 2.65. The van der Waals surface area contributed by atoms with Gasteiger partial charge in [-0.15, -0.1) is 0 Å². The number of hydrogen-bond donors (Lipinski definition) is 1. The highest BCUT2D eigenvalue weighted by atomic mass is 16.4. The Morgan fingerprint density at radius 3 is 2.19 bits per heavy atom. The first kappa shape index (κ1) is 15.3. The van der Waals surface area contributed by atoms with Gasteiger partial charge in [-0.25, -0.2) is 0 Å². The Morgan fingerprint density at radius 2 is 1.62 bits per heavy atom. The van der Waals surface area contributed by atoms with E-state index < -0.39 is 5.97 Å².